The minimum atomic E-state index is -1.33. The molecule has 0 unspecified atom stereocenters. The summed E-state index contributed by atoms with van der Waals surface area (Å²) in [5.41, 5.74) is 2.49. The largest absolute Gasteiger partial charge is 0.462 e. The van der Waals surface area contributed by atoms with Gasteiger partial charge in [0, 0.05) is 44.6 Å². The fourth-order valence-corrected chi connectivity index (χ4v) is 9.04. The number of hydrogen-bond acceptors (Lipinski definition) is 19. The van der Waals surface area contributed by atoms with Gasteiger partial charge in [-0.2, -0.15) is 0 Å². The van der Waals surface area contributed by atoms with Crippen molar-refractivity contribution in [2.45, 2.75) is 153 Å². The van der Waals surface area contributed by atoms with Gasteiger partial charge in [-0.3, -0.25) is 9.78 Å². The van der Waals surface area contributed by atoms with Crippen LogP contribution in [0, 0.1) is 23.7 Å². The molecule has 0 spiro atoms. The summed E-state index contributed by atoms with van der Waals surface area (Å²) in [6.07, 6.45) is 0.192. The van der Waals surface area contributed by atoms with Crippen molar-refractivity contribution < 1.29 is 68.0 Å². The first-order valence-electron chi connectivity index (χ1n) is 23.0. The lowest BCUT2D eigenvalue weighted by atomic mass is 9.79. The van der Waals surface area contributed by atoms with Gasteiger partial charge in [0.1, 0.15) is 42.5 Å². The van der Waals surface area contributed by atoms with E-state index in [1.807, 2.05) is 45.1 Å². The van der Waals surface area contributed by atoms with Crippen LogP contribution in [0.2, 0.25) is 0 Å². The summed E-state index contributed by atoms with van der Waals surface area (Å²) in [7, 11) is 6.41. The molecule has 20 nitrogen and oxygen atoms in total. The maximum Gasteiger partial charge on any atom is 0.308 e. The number of esters is 1. The lowest BCUT2D eigenvalue weighted by Gasteiger charge is -2.46. The van der Waals surface area contributed by atoms with Gasteiger partial charge in [0.25, 0.3) is 0 Å². The molecule has 2 fully saturated rings. The molecular formula is C47H72N6O14. The minimum absolute atomic E-state index is 0.00789. The standard InChI is InChI=1S/C47H72N6O14/c1-11-37-32(24-62-47-45(61-10)44(60-9)41(58)30(6)65-47)19-26(2)14-15-35(50-63-25-33-23-53(51-49-33)34-13-12-17-48-22-34)27(3)20-31(16-18-54)43(28(4)36(55)21-38(56)66-37)67-46-42(59)39(52(7)8)40(57)29(5)64-46/h12-15,17-19,22-23,27-32,36-37,39-47,55,57-59H,11,16,20-21,24-25H2,1-10H3/b15-14+,26-19+,50-35-/t27-,28+,29-,30-,31+,32-,36-,37-,39+,40-,41-,42-,43-,44-,45-,46+,47-/m1/s1. The van der Waals surface area contributed by atoms with Crippen LogP contribution in [0.4, 0.5) is 0 Å². The normalized spacial score (nSPS) is 38.0. The zero-order chi connectivity index (χ0) is 48.9. The van der Waals surface area contributed by atoms with Crippen LogP contribution >= 0.6 is 0 Å². The van der Waals surface area contributed by atoms with Crippen molar-refractivity contribution in [1.82, 2.24) is 24.9 Å². The Bertz CT molecular complexity index is 1940. The Labute approximate surface area is 393 Å². The maximum absolute atomic E-state index is 13.8. The number of pyridine rings is 1. The highest BCUT2D eigenvalue weighted by Crippen LogP contribution is 2.35. The second kappa shape index (κ2) is 25.5. The molecular weight excluding hydrogens is 873 g/mol. The summed E-state index contributed by atoms with van der Waals surface area (Å²) in [5.74, 6) is -3.03. The van der Waals surface area contributed by atoms with Crippen LogP contribution in [0.15, 0.2) is 59.7 Å². The highest BCUT2D eigenvalue weighted by molar-refractivity contribution is 5.96. The number of allylic oxidation sites excluding steroid dienone is 3. The van der Waals surface area contributed by atoms with E-state index in [2.05, 4.69) is 20.5 Å². The summed E-state index contributed by atoms with van der Waals surface area (Å²) in [6.45, 7) is 10.8. The predicted molar refractivity (Wildman–Crippen MR) is 242 cm³/mol. The molecule has 0 radical (unpaired) electrons. The zero-order valence-corrected chi connectivity index (χ0v) is 40.3. The third-order valence-electron chi connectivity index (χ3n) is 13.0. The monoisotopic (exact) mass is 945 g/mol. The second-order valence-corrected chi connectivity index (χ2v) is 18.1. The Morgan fingerprint density at radius 2 is 1.69 bits per heavy atom. The summed E-state index contributed by atoms with van der Waals surface area (Å²) < 4.78 is 44.1. The number of oxime groups is 1. The first kappa shape index (κ1) is 53.9. The first-order valence-corrected chi connectivity index (χ1v) is 23.0. The summed E-state index contributed by atoms with van der Waals surface area (Å²) in [6, 6.07) is 2.88. The Hall–Kier alpha value is -4.06. The van der Waals surface area contributed by atoms with Gasteiger partial charge in [-0.25, -0.2) is 4.68 Å². The number of likely N-dealkylation sites (N-methyl/N-ethyl adjacent to an activating group) is 1. The van der Waals surface area contributed by atoms with Gasteiger partial charge < -0.3 is 68.1 Å². The van der Waals surface area contributed by atoms with Crippen molar-refractivity contribution in [3.8, 4) is 5.69 Å². The summed E-state index contributed by atoms with van der Waals surface area (Å²) in [4.78, 5) is 38.1. The van der Waals surface area contributed by atoms with E-state index in [4.69, 9.17) is 38.0 Å². The van der Waals surface area contributed by atoms with Crippen molar-refractivity contribution in [1.29, 1.82) is 0 Å². The van der Waals surface area contributed by atoms with Crippen LogP contribution in [0.5, 0.6) is 0 Å². The molecule has 20 heteroatoms. The number of methoxy groups -OCH3 is 2. The third kappa shape index (κ3) is 14.0. The molecule has 2 aromatic heterocycles. The van der Waals surface area contributed by atoms with Gasteiger partial charge in [-0.15, -0.1) is 5.10 Å². The number of aliphatic hydroxyl groups excluding tert-OH is 4. The molecule has 3 aliphatic rings. The van der Waals surface area contributed by atoms with E-state index < -0.39 is 116 Å². The third-order valence-corrected chi connectivity index (χ3v) is 13.0. The van der Waals surface area contributed by atoms with Crippen molar-refractivity contribution in [2.24, 2.45) is 28.8 Å². The summed E-state index contributed by atoms with van der Waals surface area (Å²) in [5, 5.41) is 58.2. The van der Waals surface area contributed by atoms with Crippen molar-refractivity contribution in [2.75, 3.05) is 34.9 Å². The molecule has 2 saturated heterocycles. The average Bonchev–Trinajstić information content (AvgIpc) is 3.78. The van der Waals surface area contributed by atoms with Crippen LogP contribution in [0.25, 0.3) is 5.69 Å². The van der Waals surface area contributed by atoms with Crippen LogP contribution < -0.4 is 0 Å². The number of ether oxygens (including phenoxy) is 7. The second-order valence-electron chi connectivity index (χ2n) is 18.1. The van der Waals surface area contributed by atoms with Gasteiger partial charge >= 0.3 is 5.97 Å². The van der Waals surface area contributed by atoms with Gasteiger partial charge in [0.2, 0.25) is 0 Å². The lowest BCUT2D eigenvalue weighted by Crippen LogP contribution is -2.63. The number of aliphatic hydroxyl groups is 4. The molecule has 5 rings (SSSR count). The van der Waals surface area contributed by atoms with E-state index in [0.29, 0.717) is 17.8 Å². The Morgan fingerprint density at radius 3 is 2.34 bits per heavy atom. The smallest absolute Gasteiger partial charge is 0.308 e. The molecule has 5 heterocycles. The molecule has 2 aromatic rings. The van der Waals surface area contributed by atoms with E-state index in [1.54, 1.807) is 69.1 Å². The van der Waals surface area contributed by atoms with Gasteiger partial charge in [0.15, 0.2) is 19.2 Å². The maximum atomic E-state index is 13.8. The zero-order valence-electron chi connectivity index (χ0n) is 40.3. The van der Waals surface area contributed by atoms with Crippen molar-refractivity contribution in [3.63, 3.8) is 0 Å². The Morgan fingerprint density at radius 1 is 0.970 bits per heavy atom. The number of cyclic esters (lactones) is 1. The Balaban J connectivity index is 1.52. The molecule has 0 amide bonds. The number of nitrogens with zero attached hydrogens (tertiary/aromatic N) is 6. The average molecular weight is 945 g/mol. The van der Waals surface area contributed by atoms with Crippen molar-refractivity contribution >= 4 is 18.0 Å². The fraction of sp³-hybridized carbons (Fsp3) is 0.702. The predicted octanol–water partition coefficient (Wildman–Crippen LogP) is 2.54. The molecule has 374 valence electrons. The summed E-state index contributed by atoms with van der Waals surface area (Å²) >= 11 is 0. The van der Waals surface area contributed by atoms with Crippen LogP contribution in [-0.2, 0) is 54.2 Å². The SMILES string of the molecule is CC[C@H]1OC(=O)C[C@@H](O)[C@H](C)[C@@H](O[C@@H]2O[C@H](C)[C@@H](O)[C@H](N(C)C)[C@H]2O)[C@@H](CC=O)C[C@@H](C)C(=N\OCc2cn(-c3cccnc3)nn2)/C=C/C(C)=C/[C@@H]1CO[C@@H]1O[C@H](C)[C@@H](O)[C@@H](OC)[C@H]1OC. The number of carbonyl (C=O) groups excluding carboxylic acids is 2. The van der Waals surface area contributed by atoms with Crippen LogP contribution in [-0.4, -0.2) is 178 Å². The van der Waals surface area contributed by atoms with E-state index >= 15 is 0 Å². The van der Waals surface area contributed by atoms with Crippen LogP contribution in [0.3, 0.4) is 0 Å². The first-order chi connectivity index (χ1) is 32.0. The molecule has 17 atom stereocenters. The van der Waals surface area contributed by atoms with Crippen LogP contribution in [0.1, 0.15) is 72.9 Å². The number of aromatic nitrogens is 4. The fourth-order valence-electron chi connectivity index (χ4n) is 9.04. The number of rotatable bonds is 15. The van der Waals surface area contributed by atoms with E-state index in [0.717, 1.165) is 17.5 Å². The highest BCUT2D eigenvalue weighted by Gasteiger charge is 2.48. The minimum Gasteiger partial charge on any atom is -0.462 e. The van der Waals surface area contributed by atoms with Gasteiger partial charge in [-0.1, -0.05) is 48.9 Å². The molecule has 0 bridgehead atoms. The topological polar surface area (TPSA) is 248 Å². The molecule has 67 heavy (non-hydrogen) atoms. The lowest BCUT2D eigenvalue weighted by molar-refractivity contribution is -0.304. The Kier molecular flexibility index (Phi) is 20.5. The number of aldehydes is 1. The molecule has 3 aliphatic heterocycles. The molecule has 0 saturated carbocycles. The quantitative estimate of drug-likeness (QED) is 0.114. The number of hydrogen-bond donors (Lipinski definition) is 4. The number of carbonyl (C=O) groups is 2. The van der Waals surface area contributed by atoms with E-state index in [-0.39, 0.29) is 26.1 Å². The highest BCUT2D eigenvalue weighted by atomic mass is 16.7. The molecule has 0 aliphatic carbocycles. The van der Waals surface area contributed by atoms with E-state index in [9.17, 15) is 30.0 Å². The van der Waals surface area contributed by atoms with Crippen molar-refractivity contribution in [3.05, 3.63) is 60.2 Å². The molecule has 4 N–H and O–H groups in total. The molecule has 0 aromatic carbocycles. The van der Waals surface area contributed by atoms with E-state index in [1.165, 1.54) is 14.2 Å². The van der Waals surface area contributed by atoms with Gasteiger partial charge in [-0.05, 0) is 71.8 Å². The van der Waals surface area contributed by atoms with Gasteiger partial charge in [0.05, 0.1) is 73.4 Å².